The van der Waals surface area contributed by atoms with E-state index in [9.17, 15) is 13.2 Å². The summed E-state index contributed by atoms with van der Waals surface area (Å²) in [6, 6.07) is 14.7. The van der Waals surface area contributed by atoms with Crippen molar-refractivity contribution in [1.82, 2.24) is 9.29 Å². The Morgan fingerprint density at radius 1 is 1.09 bits per heavy atom. The summed E-state index contributed by atoms with van der Waals surface area (Å²) < 4.78 is 33.5. The van der Waals surface area contributed by atoms with E-state index in [1.165, 1.54) is 63.2 Å². The van der Waals surface area contributed by atoms with E-state index in [1.54, 1.807) is 30.3 Å². The molecule has 180 valence electrons. The highest BCUT2D eigenvalue weighted by atomic mass is 35.5. The van der Waals surface area contributed by atoms with Crippen LogP contribution in [-0.2, 0) is 16.6 Å². The molecular weight excluding hydrogens is 506 g/mol. The SMILES string of the molecule is C=CCN(CC=C)S(=O)(=O)c1ccc(C(=O)N(Cc2ccco2)c2nc3ccc(Cl)cc3s2)cc1. The van der Waals surface area contributed by atoms with Gasteiger partial charge >= 0.3 is 0 Å². The van der Waals surface area contributed by atoms with Gasteiger partial charge in [0.25, 0.3) is 5.91 Å². The Balaban J connectivity index is 1.67. The molecule has 0 atom stereocenters. The van der Waals surface area contributed by atoms with Crippen LogP contribution in [0.3, 0.4) is 0 Å². The largest absolute Gasteiger partial charge is 0.467 e. The molecule has 4 aromatic rings. The lowest BCUT2D eigenvalue weighted by atomic mass is 10.2. The molecule has 0 saturated heterocycles. The number of nitrogens with zero attached hydrogens (tertiary/aromatic N) is 3. The highest BCUT2D eigenvalue weighted by Crippen LogP contribution is 2.32. The number of amides is 1. The first-order valence-electron chi connectivity index (χ1n) is 10.6. The van der Waals surface area contributed by atoms with Gasteiger partial charge in [-0.15, -0.1) is 13.2 Å². The monoisotopic (exact) mass is 527 g/mol. The number of thiazole rings is 1. The van der Waals surface area contributed by atoms with Gasteiger partial charge < -0.3 is 4.42 Å². The second-order valence-corrected chi connectivity index (χ2v) is 10.9. The number of anilines is 1. The molecule has 0 fully saturated rings. The van der Waals surface area contributed by atoms with Gasteiger partial charge in [-0.1, -0.05) is 35.1 Å². The smallest absolute Gasteiger partial charge is 0.260 e. The van der Waals surface area contributed by atoms with Crippen LogP contribution >= 0.6 is 22.9 Å². The summed E-state index contributed by atoms with van der Waals surface area (Å²) in [6.45, 7) is 7.68. The van der Waals surface area contributed by atoms with E-state index < -0.39 is 10.0 Å². The second-order valence-electron chi connectivity index (χ2n) is 7.50. The van der Waals surface area contributed by atoms with Crippen LogP contribution in [0.5, 0.6) is 0 Å². The third kappa shape index (κ3) is 5.38. The molecule has 2 heterocycles. The standard InChI is InChI=1S/C25H22ClN3O4S2/c1-3-13-28(14-4-2)35(31,32)21-10-7-18(8-11-21)24(30)29(17-20-6-5-15-33-20)25-27-22-12-9-19(26)16-23(22)34-25/h3-12,15-16H,1-2,13-14,17H2. The van der Waals surface area contributed by atoms with E-state index in [2.05, 4.69) is 18.1 Å². The summed E-state index contributed by atoms with van der Waals surface area (Å²) >= 11 is 7.45. The zero-order valence-electron chi connectivity index (χ0n) is 18.6. The third-order valence-electron chi connectivity index (χ3n) is 5.11. The minimum Gasteiger partial charge on any atom is -0.467 e. The van der Waals surface area contributed by atoms with Crippen LogP contribution in [0.1, 0.15) is 16.1 Å². The minimum absolute atomic E-state index is 0.0740. The molecule has 2 aromatic carbocycles. The summed E-state index contributed by atoms with van der Waals surface area (Å²) in [4.78, 5) is 19.7. The maximum atomic E-state index is 13.6. The van der Waals surface area contributed by atoms with Crippen LogP contribution in [-0.4, -0.2) is 36.7 Å². The number of aromatic nitrogens is 1. The van der Waals surface area contributed by atoms with E-state index in [1.807, 2.05) is 0 Å². The van der Waals surface area contributed by atoms with Crippen LogP contribution in [0.2, 0.25) is 5.02 Å². The van der Waals surface area contributed by atoms with Gasteiger partial charge in [0.2, 0.25) is 10.0 Å². The topological polar surface area (TPSA) is 83.7 Å². The van der Waals surface area contributed by atoms with Gasteiger partial charge in [-0.3, -0.25) is 9.69 Å². The molecule has 4 rings (SSSR count). The van der Waals surface area contributed by atoms with Crippen LogP contribution in [0, 0.1) is 0 Å². The Bertz CT molecular complexity index is 1450. The molecular formula is C25H22ClN3O4S2. The molecule has 0 unspecified atom stereocenters. The van der Waals surface area contributed by atoms with E-state index in [0.717, 1.165) is 10.2 Å². The number of halogens is 1. The van der Waals surface area contributed by atoms with Crippen molar-refractivity contribution < 1.29 is 17.6 Å². The second kappa shape index (κ2) is 10.6. The molecule has 0 aliphatic rings. The van der Waals surface area contributed by atoms with Crippen molar-refractivity contribution in [3.63, 3.8) is 0 Å². The summed E-state index contributed by atoms with van der Waals surface area (Å²) in [7, 11) is -3.77. The fraction of sp³-hybridized carbons (Fsp3) is 0.120. The molecule has 35 heavy (non-hydrogen) atoms. The fourth-order valence-electron chi connectivity index (χ4n) is 3.42. The highest BCUT2D eigenvalue weighted by Gasteiger charge is 2.25. The lowest BCUT2D eigenvalue weighted by Gasteiger charge is -2.20. The highest BCUT2D eigenvalue weighted by molar-refractivity contribution is 7.89. The zero-order valence-corrected chi connectivity index (χ0v) is 21.0. The van der Waals surface area contributed by atoms with E-state index >= 15 is 0 Å². The van der Waals surface area contributed by atoms with Gasteiger partial charge in [0.1, 0.15) is 5.76 Å². The van der Waals surface area contributed by atoms with Gasteiger partial charge in [0, 0.05) is 23.7 Å². The predicted molar refractivity (Wildman–Crippen MR) is 139 cm³/mol. The van der Waals surface area contributed by atoms with Crippen molar-refractivity contribution in [3.05, 3.63) is 103 Å². The Hall–Kier alpha value is -3.24. The van der Waals surface area contributed by atoms with Crippen LogP contribution in [0.4, 0.5) is 5.13 Å². The lowest BCUT2D eigenvalue weighted by Crippen LogP contribution is -2.32. The Morgan fingerprint density at radius 3 is 2.43 bits per heavy atom. The van der Waals surface area contributed by atoms with Crippen molar-refractivity contribution in [2.75, 3.05) is 18.0 Å². The first-order chi connectivity index (χ1) is 16.8. The fourth-order valence-corrected chi connectivity index (χ4v) is 6.04. The molecule has 0 bridgehead atoms. The molecule has 10 heteroatoms. The number of benzene rings is 2. The van der Waals surface area contributed by atoms with Crippen LogP contribution in [0.15, 0.2) is 95.5 Å². The van der Waals surface area contributed by atoms with E-state index in [-0.39, 0.29) is 30.4 Å². The minimum atomic E-state index is -3.77. The van der Waals surface area contributed by atoms with Crippen molar-refractivity contribution in [2.45, 2.75) is 11.4 Å². The lowest BCUT2D eigenvalue weighted by molar-refractivity contribution is 0.0983. The van der Waals surface area contributed by atoms with E-state index in [4.69, 9.17) is 16.0 Å². The quantitative estimate of drug-likeness (QED) is 0.245. The molecule has 0 spiro atoms. The number of carbonyl (C=O) groups excluding carboxylic acids is 1. The van der Waals surface area contributed by atoms with Crippen LogP contribution < -0.4 is 4.90 Å². The van der Waals surface area contributed by atoms with Crippen LogP contribution in [0.25, 0.3) is 10.2 Å². The molecule has 2 aromatic heterocycles. The normalized spacial score (nSPS) is 11.6. The average Bonchev–Trinajstić information content (AvgIpc) is 3.51. The molecule has 0 aliphatic heterocycles. The molecule has 1 amide bonds. The number of sulfonamides is 1. The Morgan fingerprint density at radius 2 is 1.80 bits per heavy atom. The molecule has 0 N–H and O–H groups in total. The number of fused-ring (bicyclic) bond motifs is 1. The number of hydrogen-bond donors (Lipinski definition) is 0. The van der Waals surface area contributed by atoms with Gasteiger partial charge in [-0.05, 0) is 54.6 Å². The summed E-state index contributed by atoms with van der Waals surface area (Å²) in [6.07, 6.45) is 4.56. The maximum absolute atomic E-state index is 13.6. The first kappa shape index (κ1) is 24.9. The maximum Gasteiger partial charge on any atom is 0.260 e. The van der Waals surface area contributed by atoms with Crippen molar-refractivity contribution in [3.8, 4) is 0 Å². The number of rotatable bonds is 10. The predicted octanol–water partition coefficient (Wildman–Crippen LogP) is 5.75. The average molecular weight is 528 g/mol. The summed E-state index contributed by atoms with van der Waals surface area (Å²) in [5, 5.41) is 1.05. The van der Waals surface area contributed by atoms with E-state index in [0.29, 0.717) is 21.5 Å². The summed E-state index contributed by atoms with van der Waals surface area (Å²) in [5.41, 5.74) is 1.03. The number of furan rings is 1. The molecule has 0 saturated carbocycles. The van der Waals surface area contributed by atoms with Crippen molar-refractivity contribution >= 4 is 54.2 Å². The van der Waals surface area contributed by atoms with Gasteiger partial charge in [0.15, 0.2) is 5.13 Å². The van der Waals surface area contributed by atoms with Gasteiger partial charge in [-0.25, -0.2) is 13.4 Å². The summed E-state index contributed by atoms with van der Waals surface area (Å²) in [5.74, 6) is 0.240. The van der Waals surface area contributed by atoms with Gasteiger partial charge in [-0.2, -0.15) is 4.31 Å². The first-order valence-corrected chi connectivity index (χ1v) is 13.2. The number of hydrogen-bond acceptors (Lipinski definition) is 6. The Labute approximate surface area is 212 Å². The zero-order chi connectivity index (χ0) is 25.0. The Kier molecular flexibility index (Phi) is 7.51. The van der Waals surface area contributed by atoms with Crippen molar-refractivity contribution in [1.29, 1.82) is 0 Å². The van der Waals surface area contributed by atoms with Gasteiger partial charge in [0.05, 0.1) is 27.9 Å². The molecule has 0 radical (unpaired) electrons. The van der Waals surface area contributed by atoms with Crippen molar-refractivity contribution in [2.24, 2.45) is 0 Å². The number of carbonyl (C=O) groups is 1. The molecule has 0 aliphatic carbocycles. The molecule has 7 nitrogen and oxygen atoms in total. The third-order valence-corrected chi connectivity index (χ3v) is 8.24.